The van der Waals surface area contributed by atoms with Crippen LogP contribution in [0.5, 0.6) is 0 Å². The Bertz CT molecular complexity index is 532. The molecule has 0 radical (unpaired) electrons. The summed E-state index contributed by atoms with van der Waals surface area (Å²) in [5.41, 5.74) is 0.478. The van der Waals surface area contributed by atoms with Gasteiger partial charge >= 0.3 is 0 Å². The van der Waals surface area contributed by atoms with Gasteiger partial charge in [-0.3, -0.25) is 9.97 Å². The van der Waals surface area contributed by atoms with Crippen LogP contribution in [0.3, 0.4) is 0 Å². The van der Waals surface area contributed by atoms with Gasteiger partial charge in [-0.2, -0.15) is 0 Å². The SMILES string of the molecule is Cc1cc(C(O)c2cnccn2)c(F)cc1F. The molecule has 5 heteroatoms. The highest BCUT2D eigenvalue weighted by molar-refractivity contribution is 5.31. The van der Waals surface area contributed by atoms with Crippen LogP contribution in [0.15, 0.2) is 30.7 Å². The highest BCUT2D eigenvalue weighted by atomic mass is 19.1. The van der Waals surface area contributed by atoms with Gasteiger partial charge in [0.1, 0.15) is 17.7 Å². The van der Waals surface area contributed by atoms with E-state index in [0.29, 0.717) is 0 Å². The largest absolute Gasteiger partial charge is 0.382 e. The van der Waals surface area contributed by atoms with Crippen molar-refractivity contribution in [3.05, 3.63) is 59.2 Å². The molecule has 0 saturated heterocycles. The van der Waals surface area contributed by atoms with E-state index < -0.39 is 17.7 Å². The number of aliphatic hydroxyl groups excluding tert-OH is 1. The Morgan fingerprint density at radius 1 is 1.18 bits per heavy atom. The Morgan fingerprint density at radius 3 is 2.59 bits per heavy atom. The highest BCUT2D eigenvalue weighted by Gasteiger charge is 2.18. The molecule has 1 unspecified atom stereocenters. The number of halogens is 2. The third-order valence-electron chi connectivity index (χ3n) is 2.44. The van der Waals surface area contributed by atoms with Crippen molar-refractivity contribution in [1.82, 2.24) is 9.97 Å². The normalized spacial score (nSPS) is 12.5. The van der Waals surface area contributed by atoms with Gasteiger partial charge in [-0.25, -0.2) is 8.78 Å². The lowest BCUT2D eigenvalue weighted by atomic mass is 10.0. The summed E-state index contributed by atoms with van der Waals surface area (Å²) >= 11 is 0. The lowest BCUT2D eigenvalue weighted by molar-refractivity contribution is 0.209. The average molecular weight is 236 g/mol. The van der Waals surface area contributed by atoms with Crippen LogP contribution in [0.2, 0.25) is 0 Å². The predicted molar refractivity (Wildman–Crippen MR) is 57.2 cm³/mol. The van der Waals surface area contributed by atoms with E-state index in [-0.39, 0.29) is 16.8 Å². The van der Waals surface area contributed by atoms with Gasteiger partial charge in [0.05, 0.1) is 11.9 Å². The number of aliphatic hydroxyl groups is 1. The molecule has 17 heavy (non-hydrogen) atoms. The maximum absolute atomic E-state index is 13.5. The van der Waals surface area contributed by atoms with E-state index in [4.69, 9.17) is 0 Å². The standard InChI is InChI=1S/C12H10F2N2O/c1-7-4-8(10(14)5-9(7)13)12(17)11-6-15-2-3-16-11/h2-6,12,17H,1H3. The number of hydrogen-bond acceptors (Lipinski definition) is 3. The van der Waals surface area contributed by atoms with Crippen LogP contribution < -0.4 is 0 Å². The zero-order valence-electron chi connectivity index (χ0n) is 9.06. The summed E-state index contributed by atoms with van der Waals surface area (Å²) in [4.78, 5) is 7.66. The lowest BCUT2D eigenvalue weighted by Crippen LogP contribution is -2.06. The maximum atomic E-state index is 13.5. The van der Waals surface area contributed by atoms with Crippen LogP contribution in [0.1, 0.15) is 22.9 Å². The van der Waals surface area contributed by atoms with Gasteiger partial charge in [-0.15, -0.1) is 0 Å². The lowest BCUT2D eigenvalue weighted by Gasteiger charge is -2.12. The third kappa shape index (κ3) is 2.29. The second-order valence-electron chi connectivity index (χ2n) is 3.66. The van der Waals surface area contributed by atoms with Crippen LogP contribution in [-0.4, -0.2) is 15.1 Å². The molecule has 1 heterocycles. The fraction of sp³-hybridized carbons (Fsp3) is 0.167. The molecule has 0 bridgehead atoms. The van der Waals surface area contributed by atoms with Crippen molar-refractivity contribution in [2.45, 2.75) is 13.0 Å². The molecule has 0 aliphatic heterocycles. The van der Waals surface area contributed by atoms with Gasteiger partial charge in [0.15, 0.2) is 0 Å². The first-order valence-corrected chi connectivity index (χ1v) is 4.99. The maximum Gasteiger partial charge on any atom is 0.132 e. The second-order valence-corrected chi connectivity index (χ2v) is 3.66. The third-order valence-corrected chi connectivity index (χ3v) is 2.44. The minimum Gasteiger partial charge on any atom is -0.382 e. The van der Waals surface area contributed by atoms with Crippen molar-refractivity contribution >= 4 is 0 Å². The van der Waals surface area contributed by atoms with Crippen molar-refractivity contribution < 1.29 is 13.9 Å². The fourth-order valence-electron chi connectivity index (χ4n) is 1.50. The van der Waals surface area contributed by atoms with Gasteiger partial charge in [0.25, 0.3) is 0 Å². The van der Waals surface area contributed by atoms with Crippen LogP contribution in [0, 0.1) is 18.6 Å². The number of aryl methyl sites for hydroxylation is 1. The van der Waals surface area contributed by atoms with Crippen LogP contribution in [-0.2, 0) is 0 Å². The Morgan fingerprint density at radius 2 is 1.94 bits per heavy atom. The minimum atomic E-state index is -1.25. The second kappa shape index (κ2) is 4.55. The van der Waals surface area contributed by atoms with Crippen molar-refractivity contribution in [3.8, 4) is 0 Å². The van der Waals surface area contributed by atoms with Crippen LogP contribution in [0.4, 0.5) is 8.78 Å². The van der Waals surface area contributed by atoms with Gasteiger partial charge in [0.2, 0.25) is 0 Å². The number of benzene rings is 1. The predicted octanol–water partition coefficient (Wildman–Crippen LogP) is 2.14. The first-order chi connectivity index (χ1) is 8.09. The van der Waals surface area contributed by atoms with Gasteiger partial charge in [0, 0.05) is 24.0 Å². The Hall–Kier alpha value is -1.88. The minimum absolute atomic E-state index is 0.00981. The molecule has 0 saturated carbocycles. The number of rotatable bonds is 2. The van der Waals surface area contributed by atoms with Gasteiger partial charge < -0.3 is 5.11 Å². The molecule has 0 spiro atoms. The van der Waals surface area contributed by atoms with Crippen LogP contribution >= 0.6 is 0 Å². The molecule has 0 aliphatic rings. The Labute approximate surface area is 96.8 Å². The molecule has 0 amide bonds. The smallest absolute Gasteiger partial charge is 0.132 e. The molecule has 0 aliphatic carbocycles. The molecule has 2 aromatic rings. The number of aromatic nitrogens is 2. The summed E-state index contributed by atoms with van der Waals surface area (Å²) < 4.78 is 26.6. The molecule has 1 aromatic heterocycles. The Kier molecular flexibility index (Phi) is 3.10. The molecule has 1 aromatic carbocycles. The average Bonchev–Trinajstić information content (AvgIpc) is 2.34. The van der Waals surface area contributed by atoms with Crippen molar-refractivity contribution in [2.75, 3.05) is 0 Å². The molecular formula is C12H10F2N2O. The molecule has 3 nitrogen and oxygen atoms in total. The summed E-state index contributed by atoms with van der Waals surface area (Å²) in [5.74, 6) is -1.44. The van der Waals surface area contributed by atoms with Crippen LogP contribution in [0.25, 0.3) is 0 Å². The van der Waals surface area contributed by atoms with Crippen molar-refractivity contribution in [3.63, 3.8) is 0 Å². The van der Waals surface area contributed by atoms with E-state index in [2.05, 4.69) is 9.97 Å². The summed E-state index contributed by atoms with van der Waals surface area (Å²) in [6, 6.07) is 2.02. The van der Waals surface area contributed by atoms with E-state index in [1.165, 1.54) is 31.6 Å². The van der Waals surface area contributed by atoms with Gasteiger partial charge in [-0.1, -0.05) is 0 Å². The quantitative estimate of drug-likeness (QED) is 0.868. The van der Waals surface area contributed by atoms with E-state index in [1.54, 1.807) is 0 Å². The summed E-state index contributed by atoms with van der Waals surface area (Å²) in [7, 11) is 0. The van der Waals surface area contributed by atoms with E-state index >= 15 is 0 Å². The molecule has 88 valence electrons. The summed E-state index contributed by atoms with van der Waals surface area (Å²) in [6.45, 7) is 1.50. The topological polar surface area (TPSA) is 46.0 Å². The van der Waals surface area contributed by atoms with Gasteiger partial charge in [-0.05, 0) is 18.6 Å². The van der Waals surface area contributed by atoms with E-state index in [1.807, 2.05) is 0 Å². The zero-order chi connectivity index (χ0) is 12.4. The number of nitrogens with zero attached hydrogens (tertiary/aromatic N) is 2. The first kappa shape index (κ1) is 11.6. The molecule has 2 rings (SSSR count). The molecular weight excluding hydrogens is 226 g/mol. The zero-order valence-corrected chi connectivity index (χ0v) is 9.06. The molecule has 1 atom stereocenters. The highest BCUT2D eigenvalue weighted by Crippen LogP contribution is 2.24. The monoisotopic (exact) mass is 236 g/mol. The summed E-state index contributed by atoms with van der Waals surface area (Å²) in [6.07, 6.45) is 2.93. The first-order valence-electron chi connectivity index (χ1n) is 4.99. The number of hydrogen-bond donors (Lipinski definition) is 1. The Balaban J connectivity index is 2.44. The van der Waals surface area contributed by atoms with E-state index in [0.717, 1.165) is 6.07 Å². The summed E-state index contributed by atoms with van der Waals surface area (Å²) in [5, 5.41) is 9.92. The van der Waals surface area contributed by atoms with E-state index in [9.17, 15) is 13.9 Å². The molecule has 0 fully saturated rings. The fourth-order valence-corrected chi connectivity index (χ4v) is 1.50. The van der Waals surface area contributed by atoms with Crippen molar-refractivity contribution in [1.29, 1.82) is 0 Å². The van der Waals surface area contributed by atoms with Crippen molar-refractivity contribution in [2.24, 2.45) is 0 Å². The molecule has 1 N–H and O–H groups in total.